The van der Waals surface area contributed by atoms with Crippen LogP contribution in [0, 0.1) is 0 Å². The van der Waals surface area contributed by atoms with Gasteiger partial charge in [-0.05, 0) is 12.1 Å². The Morgan fingerprint density at radius 3 is 2.62 bits per heavy atom. The minimum Gasteiger partial charge on any atom is -0.493 e. The van der Waals surface area contributed by atoms with E-state index in [9.17, 15) is 0 Å². The Hall–Kier alpha value is -2.21. The molecule has 112 valence electrons. The lowest BCUT2D eigenvalue weighted by Gasteiger charge is -2.26. The molecule has 0 fully saturated rings. The Labute approximate surface area is 123 Å². The highest BCUT2D eigenvalue weighted by atomic mass is 16.5. The first kappa shape index (κ1) is 13.8. The summed E-state index contributed by atoms with van der Waals surface area (Å²) < 4.78 is 16.4. The van der Waals surface area contributed by atoms with Crippen LogP contribution in [0.25, 0.3) is 0 Å². The molecular weight excluding hydrogens is 270 g/mol. The van der Waals surface area contributed by atoms with Gasteiger partial charge in [0.05, 0.1) is 39.4 Å². The van der Waals surface area contributed by atoms with Crippen molar-refractivity contribution in [3.63, 3.8) is 0 Å². The average molecular weight is 289 g/mol. The molecule has 3 rings (SSSR count). The zero-order valence-electron chi connectivity index (χ0n) is 12.4. The number of aromatic amines is 1. The second-order valence-electron chi connectivity index (χ2n) is 4.83. The van der Waals surface area contributed by atoms with E-state index in [1.165, 1.54) is 0 Å². The van der Waals surface area contributed by atoms with Crippen molar-refractivity contribution in [1.29, 1.82) is 0 Å². The van der Waals surface area contributed by atoms with Gasteiger partial charge in [0.25, 0.3) is 0 Å². The van der Waals surface area contributed by atoms with Gasteiger partial charge in [-0.1, -0.05) is 0 Å². The van der Waals surface area contributed by atoms with Crippen LogP contribution in [0.1, 0.15) is 23.0 Å². The van der Waals surface area contributed by atoms with Crippen LogP contribution in [-0.4, -0.2) is 37.8 Å². The molecule has 2 aromatic rings. The van der Waals surface area contributed by atoms with Crippen LogP contribution in [0.3, 0.4) is 0 Å². The maximum Gasteiger partial charge on any atom is 0.203 e. The van der Waals surface area contributed by atoms with Gasteiger partial charge in [-0.15, -0.1) is 0 Å². The lowest BCUT2D eigenvalue weighted by Crippen LogP contribution is -2.31. The second kappa shape index (κ2) is 5.65. The van der Waals surface area contributed by atoms with Crippen LogP contribution < -0.4 is 19.5 Å². The van der Waals surface area contributed by atoms with Gasteiger partial charge in [0.2, 0.25) is 5.75 Å². The molecule has 6 heteroatoms. The maximum absolute atomic E-state index is 5.57. The summed E-state index contributed by atoms with van der Waals surface area (Å²) in [6, 6.07) is 3.86. The molecule has 1 atom stereocenters. The van der Waals surface area contributed by atoms with Gasteiger partial charge in [0.15, 0.2) is 11.5 Å². The Balaban J connectivity index is 2.12. The van der Waals surface area contributed by atoms with Crippen LogP contribution in [-0.2, 0) is 6.42 Å². The highest BCUT2D eigenvalue weighted by Crippen LogP contribution is 2.43. The zero-order valence-corrected chi connectivity index (χ0v) is 12.4. The summed E-state index contributed by atoms with van der Waals surface area (Å²) in [5, 5.41) is 3.48. The number of nitrogens with one attached hydrogen (secondary N) is 2. The molecule has 2 N–H and O–H groups in total. The molecular formula is C15H19N3O3. The predicted molar refractivity (Wildman–Crippen MR) is 78.2 cm³/mol. The summed E-state index contributed by atoms with van der Waals surface area (Å²) in [7, 11) is 4.86. The van der Waals surface area contributed by atoms with Gasteiger partial charge in [-0.3, -0.25) is 0 Å². The number of hydrogen-bond acceptors (Lipinski definition) is 5. The summed E-state index contributed by atoms with van der Waals surface area (Å²) in [4.78, 5) is 7.64. The smallest absolute Gasteiger partial charge is 0.203 e. The number of benzene rings is 1. The van der Waals surface area contributed by atoms with Crippen molar-refractivity contribution in [2.24, 2.45) is 0 Å². The third kappa shape index (κ3) is 2.21. The minimum atomic E-state index is -0.0187. The highest BCUT2D eigenvalue weighted by molar-refractivity contribution is 5.58. The Kier molecular flexibility index (Phi) is 3.70. The Morgan fingerprint density at radius 1 is 1.10 bits per heavy atom. The second-order valence-corrected chi connectivity index (χ2v) is 4.83. The third-order valence-electron chi connectivity index (χ3n) is 3.79. The van der Waals surface area contributed by atoms with E-state index < -0.39 is 0 Å². The third-order valence-corrected chi connectivity index (χ3v) is 3.79. The van der Waals surface area contributed by atoms with Crippen LogP contribution in [0.2, 0.25) is 0 Å². The quantitative estimate of drug-likeness (QED) is 0.896. The molecule has 0 spiro atoms. The molecule has 1 aliphatic heterocycles. The number of fused-ring (bicyclic) bond motifs is 1. The van der Waals surface area contributed by atoms with Crippen molar-refractivity contribution < 1.29 is 14.2 Å². The molecule has 1 aliphatic rings. The lowest BCUT2D eigenvalue weighted by atomic mass is 9.96. The molecule has 0 bridgehead atoms. The molecule has 2 heterocycles. The summed E-state index contributed by atoms with van der Waals surface area (Å²) in [6.45, 7) is 0.886. The van der Waals surface area contributed by atoms with Crippen molar-refractivity contribution >= 4 is 0 Å². The number of aromatic nitrogens is 2. The van der Waals surface area contributed by atoms with Crippen molar-refractivity contribution in [1.82, 2.24) is 15.3 Å². The predicted octanol–water partition coefficient (Wildman–Crippen LogP) is 1.67. The van der Waals surface area contributed by atoms with Gasteiger partial charge in [-0.25, -0.2) is 4.98 Å². The number of ether oxygens (including phenoxy) is 3. The van der Waals surface area contributed by atoms with Crippen LogP contribution >= 0.6 is 0 Å². The molecule has 0 saturated heterocycles. The van der Waals surface area contributed by atoms with E-state index in [-0.39, 0.29) is 6.04 Å². The normalized spacial score (nSPS) is 17.2. The molecule has 21 heavy (non-hydrogen) atoms. The van der Waals surface area contributed by atoms with Gasteiger partial charge in [-0.2, -0.15) is 0 Å². The van der Waals surface area contributed by atoms with E-state index >= 15 is 0 Å². The maximum atomic E-state index is 5.57. The number of rotatable bonds is 4. The Morgan fingerprint density at radius 2 is 1.90 bits per heavy atom. The fourth-order valence-electron chi connectivity index (χ4n) is 2.83. The summed E-state index contributed by atoms with van der Waals surface area (Å²) in [5.74, 6) is 1.92. The van der Waals surface area contributed by atoms with Crippen molar-refractivity contribution in [3.8, 4) is 17.2 Å². The first-order valence-corrected chi connectivity index (χ1v) is 6.84. The van der Waals surface area contributed by atoms with E-state index in [2.05, 4.69) is 15.3 Å². The fourth-order valence-corrected chi connectivity index (χ4v) is 2.83. The van der Waals surface area contributed by atoms with Gasteiger partial charge in [0, 0.05) is 24.2 Å². The molecule has 0 amide bonds. The largest absolute Gasteiger partial charge is 0.493 e. The molecule has 0 radical (unpaired) electrons. The standard InChI is InChI=1S/C15H19N3O3/c1-19-11-5-4-9(14(20-2)15(11)21-3)12-13-10(6-7-16-12)17-8-18-13/h4-5,8,12,16H,6-7H2,1-3H3,(H,17,18). The van der Waals surface area contributed by atoms with Gasteiger partial charge < -0.3 is 24.5 Å². The highest BCUT2D eigenvalue weighted by Gasteiger charge is 2.28. The zero-order chi connectivity index (χ0) is 14.8. The topological polar surface area (TPSA) is 68.4 Å². The van der Waals surface area contributed by atoms with Crippen LogP contribution in [0.4, 0.5) is 0 Å². The molecule has 0 saturated carbocycles. The van der Waals surface area contributed by atoms with Gasteiger partial charge >= 0.3 is 0 Å². The lowest BCUT2D eigenvalue weighted by molar-refractivity contribution is 0.320. The van der Waals surface area contributed by atoms with Crippen LogP contribution in [0.15, 0.2) is 18.5 Å². The van der Waals surface area contributed by atoms with Gasteiger partial charge in [0.1, 0.15) is 0 Å². The van der Waals surface area contributed by atoms with E-state index in [4.69, 9.17) is 14.2 Å². The summed E-state index contributed by atoms with van der Waals surface area (Å²) >= 11 is 0. The SMILES string of the molecule is COc1ccc(C2NCCc3[nH]cnc32)c(OC)c1OC. The number of methoxy groups -OCH3 is 3. The van der Waals surface area contributed by atoms with E-state index in [0.29, 0.717) is 17.2 Å². The number of nitrogens with zero attached hydrogens (tertiary/aromatic N) is 1. The van der Waals surface area contributed by atoms with E-state index in [0.717, 1.165) is 29.9 Å². The number of H-pyrrole nitrogens is 1. The van der Waals surface area contributed by atoms with Crippen molar-refractivity contribution in [3.05, 3.63) is 35.4 Å². The van der Waals surface area contributed by atoms with Crippen molar-refractivity contribution in [2.45, 2.75) is 12.5 Å². The number of hydrogen-bond donors (Lipinski definition) is 2. The molecule has 1 unspecified atom stereocenters. The molecule has 1 aromatic heterocycles. The molecule has 1 aromatic carbocycles. The number of imidazole rings is 1. The average Bonchev–Trinajstić information content (AvgIpc) is 3.01. The van der Waals surface area contributed by atoms with E-state index in [1.807, 2.05) is 12.1 Å². The minimum absolute atomic E-state index is 0.0187. The monoisotopic (exact) mass is 289 g/mol. The van der Waals surface area contributed by atoms with Crippen LogP contribution in [0.5, 0.6) is 17.2 Å². The molecule has 6 nitrogen and oxygen atoms in total. The van der Waals surface area contributed by atoms with E-state index in [1.54, 1.807) is 27.7 Å². The summed E-state index contributed by atoms with van der Waals surface area (Å²) in [5.41, 5.74) is 3.16. The summed E-state index contributed by atoms with van der Waals surface area (Å²) in [6.07, 6.45) is 2.68. The molecule has 0 aliphatic carbocycles. The van der Waals surface area contributed by atoms with Crippen molar-refractivity contribution in [2.75, 3.05) is 27.9 Å². The fraction of sp³-hybridized carbons (Fsp3) is 0.400. The first-order chi connectivity index (χ1) is 10.3. The first-order valence-electron chi connectivity index (χ1n) is 6.84. The Bertz CT molecular complexity index is 639.